The summed E-state index contributed by atoms with van der Waals surface area (Å²) < 4.78 is 5.32. The molecule has 3 nitrogen and oxygen atoms in total. The summed E-state index contributed by atoms with van der Waals surface area (Å²) in [5.41, 5.74) is 8.90. The van der Waals surface area contributed by atoms with Gasteiger partial charge in [0.2, 0.25) is 0 Å². The molecule has 2 aromatic rings. The van der Waals surface area contributed by atoms with Crippen LogP contribution in [0.4, 0.5) is 11.4 Å². The zero-order chi connectivity index (χ0) is 12.3. The molecule has 0 fully saturated rings. The van der Waals surface area contributed by atoms with Crippen molar-refractivity contribution in [1.82, 2.24) is 0 Å². The maximum atomic E-state index is 5.93. The van der Waals surface area contributed by atoms with Crippen LogP contribution in [-0.4, -0.2) is 6.04 Å². The second-order valence-electron chi connectivity index (χ2n) is 4.42. The number of nitrogens with one attached hydrogen (secondary N) is 1. The normalized spacial score (nSPS) is 12.4. The van der Waals surface area contributed by atoms with Crippen LogP contribution in [0.15, 0.2) is 41.0 Å². The summed E-state index contributed by atoms with van der Waals surface area (Å²) in [6, 6.07) is 10.2. The lowest BCUT2D eigenvalue weighted by atomic mass is 10.1. The number of rotatable bonds is 4. The lowest BCUT2D eigenvalue weighted by molar-refractivity contribution is 0.498. The Morgan fingerprint density at radius 1 is 1.35 bits per heavy atom. The van der Waals surface area contributed by atoms with E-state index in [1.807, 2.05) is 24.3 Å². The number of benzene rings is 1. The molecule has 1 aromatic heterocycles. The highest BCUT2D eigenvalue weighted by atomic mass is 16.3. The van der Waals surface area contributed by atoms with Crippen molar-refractivity contribution in [3.63, 3.8) is 0 Å². The summed E-state index contributed by atoms with van der Waals surface area (Å²) >= 11 is 0. The van der Waals surface area contributed by atoms with E-state index in [0.717, 1.165) is 23.6 Å². The molecule has 0 aliphatic rings. The number of aryl methyl sites for hydroxylation is 1. The Morgan fingerprint density at radius 3 is 2.88 bits per heavy atom. The number of furan rings is 1. The second kappa shape index (κ2) is 4.95. The summed E-state index contributed by atoms with van der Waals surface area (Å²) in [4.78, 5) is 0. The molecule has 0 spiro atoms. The molecule has 0 amide bonds. The first kappa shape index (κ1) is 11.6. The Kier molecular flexibility index (Phi) is 3.38. The van der Waals surface area contributed by atoms with Crippen molar-refractivity contribution in [2.75, 3.05) is 11.1 Å². The molecule has 0 radical (unpaired) electrons. The van der Waals surface area contributed by atoms with Crippen LogP contribution < -0.4 is 11.1 Å². The third-order valence-electron chi connectivity index (χ3n) is 2.70. The molecule has 1 aromatic carbocycles. The van der Waals surface area contributed by atoms with Gasteiger partial charge in [0.05, 0.1) is 17.6 Å². The van der Waals surface area contributed by atoms with E-state index in [-0.39, 0.29) is 6.04 Å². The molecule has 3 heteroatoms. The minimum Gasteiger partial charge on any atom is -0.469 e. The second-order valence-corrected chi connectivity index (χ2v) is 4.42. The standard InChI is InChI=1S/C14H18N2O/c1-10-5-6-13(15)14(8-10)16-11(2)9-12-4-3-7-17-12/h3-8,11,16H,9,15H2,1-2H3. The van der Waals surface area contributed by atoms with E-state index in [9.17, 15) is 0 Å². The zero-order valence-corrected chi connectivity index (χ0v) is 10.2. The van der Waals surface area contributed by atoms with E-state index in [1.54, 1.807) is 6.26 Å². The average molecular weight is 230 g/mol. The first-order valence-corrected chi connectivity index (χ1v) is 5.80. The highest BCUT2D eigenvalue weighted by Gasteiger charge is 2.07. The Morgan fingerprint density at radius 2 is 2.18 bits per heavy atom. The van der Waals surface area contributed by atoms with Gasteiger partial charge in [-0.1, -0.05) is 6.07 Å². The van der Waals surface area contributed by atoms with Gasteiger partial charge >= 0.3 is 0 Å². The minimum absolute atomic E-state index is 0.283. The summed E-state index contributed by atoms with van der Waals surface area (Å²) in [5, 5.41) is 3.40. The van der Waals surface area contributed by atoms with Gasteiger partial charge < -0.3 is 15.5 Å². The van der Waals surface area contributed by atoms with Crippen LogP contribution in [0.3, 0.4) is 0 Å². The lowest BCUT2D eigenvalue weighted by Crippen LogP contribution is -2.18. The van der Waals surface area contributed by atoms with Crippen LogP contribution in [-0.2, 0) is 6.42 Å². The van der Waals surface area contributed by atoms with E-state index in [1.165, 1.54) is 5.56 Å². The third kappa shape index (κ3) is 3.03. The van der Waals surface area contributed by atoms with E-state index >= 15 is 0 Å². The van der Waals surface area contributed by atoms with Crippen LogP contribution in [0, 0.1) is 6.92 Å². The molecule has 0 bridgehead atoms. The molecule has 0 saturated carbocycles. The van der Waals surface area contributed by atoms with Crippen LogP contribution in [0.25, 0.3) is 0 Å². The molecular formula is C14H18N2O. The molecule has 3 N–H and O–H groups in total. The fourth-order valence-corrected chi connectivity index (χ4v) is 1.84. The van der Waals surface area contributed by atoms with E-state index < -0.39 is 0 Å². The Balaban J connectivity index is 2.02. The van der Waals surface area contributed by atoms with Gasteiger partial charge in [-0.25, -0.2) is 0 Å². The average Bonchev–Trinajstić information content (AvgIpc) is 2.76. The monoisotopic (exact) mass is 230 g/mol. The molecule has 17 heavy (non-hydrogen) atoms. The van der Waals surface area contributed by atoms with Gasteiger partial charge in [0.15, 0.2) is 0 Å². The Bertz CT molecular complexity index is 477. The van der Waals surface area contributed by atoms with Crippen LogP contribution >= 0.6 is 0 Å². The van der Waals surface area contributed by atoms with Crippen molar-refractivity contribution in [3.05, 3.63) is 47.9 Å². The van der Waals surface area contributed by atoms with Gasteiger partial charge in [-0.15, -0.1) is 0 Å². The predicted octanol–water partition coefficient (Wildman–Crippen LogP) is 3.21. The largest absolute Gasteiger partial charge is 0.469 e. The molecule has 0 aliphatic heterocycles. The smallest absolute Gasteiger partial charge is 0.105 e. The van der Waals surface area contributed by atoms with Gasteiger partial charge in [-0.2, -0.15) is 0 Å². The summed E-state index contributed by atoms with van der Waals surface area (Å²) in [6.07, 6.45) is 2.55. The Hall–Kier alpha value is -1.90. The highest BCUT2D eigenvalue weighted by Crippen LogP contribution is 2.21. The molecule has 1 unspecified atom stereocenters. The van der Waals surface area contributed by atoms with Crippen LogP contribution in [0.1, 0.15) is 18.2 Å². The predicted molar refractivity (Wildman–Crippen MR) is 71.1 cm³/mol. The van der Waals surface area contributed by atoms with Crippen LogP contribution in [0.2, 0.25) is 0 Å². The van der Waals surface area contributed by atoms with Gasteiger partial charge in [-0.05, 0) is 43.7 Å². The van der Waals surface area contributed by atoms with Crippen molar-refractivity contribution in [1.29, 1.82) is 0 Å². The summed E-state index contributed by atoms with van der Waals surface area (Å²) in [5.74, 6) is 0.983. The van der Waals surface area contributed by atoms with Gasteiger partial charge in [0, 0.05) is 12.5 Å². The maximum absolute atomic E-state index is 5.93. The fourth-order valence-electron chi connectivity index (χ4n) is 1.84. The fraction of sp³-hybridized carbons (Fsp3) is 0.286. The SMILES string of the molecule is Cc1ccc(N)c(NC(C)Cc2ccco2)c1. The van der Waals surface area contributed by atoms with Crippen LogP contribution in [0.5, 0.6) is 0 Å². The first-order valence-electron chi connectivity index (χ1n) is 5.80. The van der Waals surface area contributed by atoms with Gasteiger partial charge in [0.25, 0.3) is 0 Å². The number of hydrogen-bond donors (Lipinski definition) is 2. The zero-order valence-electron chi connectivity index (χ0n) is 10.2. The van der Waals surface area contributed by atoms with E-state index in [4.69, 9.17) is 10.2 Å². The van der Waals surface area contributed by atoms with Crippen molar-refractivity contribution in [2.24, 2.45) is 0 Å². The van der Waals surface area contributed by atoms with Crippen molar-refractivity contribution < 1.29 is 4.42 Å². The van der Waals surface area contributed by atoms with Crippen molar-refractivity contribution >= 4 is 11.4 Å². The summed E-state index contributed by atoms with van der Waals surface area (Å²) in [6.45, 7) is 4.17. The topological polar surface area (TPSA) is 51.2 Å². The molecule has 2 rings (SSSR count). The number of nitrogen functional groups attached to an aromatic ring is 1. The van der Waals surface area contributed by atoms with Gasteiger partial charge in [0.1, 0.15) is 5.76 Å². The molecule has 0 saturated heterocycles. The van der Waals surface area contributed by atoms with E-state index in [2.05, 4.69) is 25.2 Å². The van der Waals surface area contributed by atoms with Crippen molar-refractivity contribution in [3.8, 4) is 0 Å². The highest BCUT2D eigenvalue weighted by molar-refractivity contribution is 5.67. The third-order valence-corrected chi connectivity index (χ3v) is 2.70. The summed E-state index contributed by atoms with van der Waals surface area (Å²) in [7, 11) is 0. The molecule has 90 valence electrons. The molecule has 1 heterocycles. The van der Waals surface area contributed by atoms with Crippen molar-refractivity contribution in [2.45, 2.75) is 26.3 Å². The number of nitrogens with two attached hydrogens (primary N) is 1. The Labute approximate surface area is 102 Å². The number of anilines is 2. The first-order chi connectivity index (χ1) is 8.15. The lowest BCUT2D eigenvalue weighted by Gasteiger charge is -2.16. The molecule has 0 aliphatic carbocycles. The quantitative estimate of drug-likeness (QED) is 0.793. The van der Waals surface area contributed by atoms with E-state index in [0.29, 0.717) is 0 Å². The molecule has 1 atom stereocenters. The molecular weight excluding hydrogens is 212 g/mol. The minimum atomic E-state index is 0.283. The number of hydrogen-bond acceptors (Lipinski definition) is 3. The maximum Gasteiger partial charge on any atom is 0.105 e. The van der Waals surface area contributed by atoms with Gasteiger partial charge in [-0.3, -0.25) is 0 Å².